The van der Waals surface area contributed by atoms with Gasteiger partial charge in [-0.05, 0) is 36.0 Å². The van der Waals surface area contributed by atoms with Gasteiger partial charge in [0.1, 0.15) is 5.41 Å². The molecule has 1 spiro atoms. The van der Waals surface area contributed by atoms with Crippen molar-refractivity contribution in [2.24, 2.45) is 45.3 Å². The minimum absolute atomic E-state index is 0.0354. The van der Waals surface area contributed by atoms with Crippen LogP contribution in [0.3, 0.4) is 0 Å². The first-order valence-electron chi connectivity index (χ1n) is 10.5. The molecule has 0 aromatic heterocycles. The maximum absolute atomic E-state index is 11.2. The smallest absolute Gasteiger partial charge is 0.174 e. The highest BCUT2D eigenvalue weighted by molar-refractivity contribution is 5.40. The van der Waals surface area contributed by atoms with Crippen molar-refractivity contribution in [3.63, 3.8) is 0 Å². The lowest BCUT2D eigenvalue weighted by atomic mass is 9.57. The van der Waals surface area contributed by atoms with Gasteiger partial charge in [-0.2, -0.15) is 5.26 Å². The van der Waals surface area contributed by atoms with Gasteiger partial charge in [0.15, 0.2) is 12.6 Å². The number of aliphatic hydroxyl groups excluding tert-OH is 2. The highest BCUT2D eigenvalue weighted by Gasteiger charge is 2.92. The molecule has 1 aliphatic heterocycles. The summed E-state index contributed by atoms with van der Waals surface area (Å²) in [6.07, 6.45) is -0.926. The highest BCUT2D eigenvalue weighted by Crippen LogP contribution is 2.87. The largest absolute Gasteiger partial charge is 0.367 e. The molecule has 4 aliphatic rings. The molecule has 4 fully saturated rings. The molecule has 10 atom stereocenters. The molecule has 27 heavy (non-hydrogen) atoms. The summed E-state index contributed by atoms with van der Waals surface area (Å²) in [6, 6.07) is 2.39. The lowest BCUT2D eigenvalue weighted by molar-refractivity contribution is -0.299. The molecule has 0 bridgehead atoms. The van der Waals surface area contributed by atoms with Crippen LogP contribution >= 0.6 is 0 Å². The second-order valence-electron chi connectivity index (χ2n) is 11.4. The van der Waals surface area contributed by atoms with Gasteiger partial charge in [-0.25, -0.2) is 0 Å². The summed E-state index contributed by atoms with van der Waals surface area (Å²) in [5, 5.41) is 31.5. The zero-order valence-electron chi connectivity index (χ0n) is 17.7. The summed E-state index contributed by atoms with van der Waals surface area (Å²) in [4.78, 5) is 0. The van der Waals surface area contributed by atoms with Crippen molar-refractivity contribution in [3.05, 3.63) is 0 Å². The number of hydrogen-bond acceptors (Lipinski definition) is 5. The number of rotatable bonds is 5. The molecule has 3 saturated carbocycles. The summed E-state index contributed by atoms with van der Waals surface area (Å²) < 4.78 is 12.2. The molecule has 5 nitrogen and oxygen atoms in total. The minimum atomic E-state index is -1.04. The number of nitrogens with zero attached hydrogens (tertiary/aromatic N) is 1. The summed E-state index contributed by atoms with van der Waals surface area (Å²) >= 11 is 0. The Morgan fingerprint density at radius 2 is 1.93 bits per heavy atom. The van der Waals surface area contributed by atoms with Crippen molar-refractivity contribution in [1.29, 1.82) is 5.26 Å². The first-order chi connectivity index (χ1) is 12.4. The average molecular weight is 378 g/mol. The second-order valence-corrected chi connectivity index (χ2v) is 11.4. The molecule has 1 saturated heterocycles. The maximum Gasteiger partial charge on any atom is 0.174 e. The van der Waals surface area contributed by atoms with Crippen molar-refractivity contribution in [2.45, 2.75) is 86.1 Å². The minimum Gasteiger partial charge on any atom is -0.367 e. The van der Waals surface area contributed by atoms with Gasteiger partial charge in [0, 0.05) is 16.7 Å². The molecular formula is C22H35NO4. The summed E-state index contributed by atoms with van der Waals surface area (Å²) in [7, 11) is 0. The number of hydrogen-bond donors (Lipinski definition) is 2. The molecule has 0 aromatic carbocycles. The number of aliphatic hydroxyl groups is 2. The Bertz CT molecular complexity index is 681. The van der Waals surface area contributed by atoms with Crippen molar-refractivity contribution >= 4 is 0 Å². The zero-order chi connectivity index (χ0) is 20.2. The molecule has 4 rings (SSSR count). The van der Waals surface area contributed by atoms with Crippen molar-refractivity contribution in [2.75, 3.05) is 0 Å². The number of ether oxygens (including phenoxy) is 2. The van der Waals surface area contributed by atoms with E-state index in [4.69, 9.17) is 9.47 Å². The van der Waals surface area contributed by atoms with Gasteiger partial charge in [0.25, 0.3) is 0 Å². The third kappa shape index (κ3) is 2.08. The maximum atomic E-state index is 11.2. The van der Waals surface area contributed by atoms with Gasteiger partial charge in [-0.1, -0.05) is 48.5 Å². The third-order valence-corrected chi connectivity index (χ3v) is 9.00. The molecule has 0 amide bonds. The van der Waals surface area contributed by atoms with E-state index >= 15 is 0 Å². The normalized spacial score (nSPS) is 50.4. The standard InChI is InChI=1S/C22H35NO4/c1-11(2)8-20(7,19(4,5)6)17(24)27-16-14-15-21(10-23,18(25)26-14)9-13-12(3)22(13,15)16/h11-18,24-25H,8-9H2,1-7H3. The van der Waals surface area contributed by atoms with Gasteiger partial charge in [0.2, 0.25) is 0 Å². The van der Waals surface area contributed by atoms with E-state index in [1.165, 1.54) is 0 Å². The van der Waals surface area contributed by atoms with Crippen LogP contribution in [-0.2, 0) is 9.47 Å². The SMILES string of the molecule is CC(C)CC(C)(C(O)OC1C2OC(O)C3(C#N)CC4C(C)C41C23)C(C)(C)C. The van der Waals surface area contributed by atoms with Crippen molar-refractivity contribution in [1.82, 2.24) is 0 Å². The van der Waals surface area contributed by atoms with Gasteiger partial charge >= 0.3 is 0 Å². The quantitative estimate of drug-likeness (QED) is 0.718. The Balaban J connectivity index is 1.60. The summed E-state index contributed by atoms with van der Waals surface area (Å²) in [6.45, 7) is 15.1. The summed E-state index contributed by atoms with van der Waals surface area (Å²) in [5.74, 6) is 1.32. The van der Waals surface area contributed by atoms with Crippen LogP contribution in [0.25, 0.3) is 0 Å². The Kier molecular flexibility index (Phi) is 3.98. The fourth-order valence-corrected chi connectivity index (χ4v) is 7.03. The van der Waals surface area contributed by atoms with Crippen LogP contribution < -0.4 is 0 Å². The van der Waals surface area contributed by atoms with Crippen molar-refractivity contribution in [3.8, 4) is 6.07 Å². The van der Waals surface area contributed by atoms with Crippen LogP contribution in [0.1, 0.15) is 61.3 Å². The molecule has 152 valence electrons. The molecule has 3 aliphatic carbocycles. The second kappa shape index (κ2) is 5.48. The first-order valence-corrected chi connectivity index (χ1v) is 10.5. The van der Waals surface area contributed by atoms with Crippen LogP contribution in [0.15, 0.2) is 0 Å². The van der Waals surface area contributed by atoms with Gasteiger partial charge in [-0.15, -0.1) is 0 Å². The summed E-state index contributed by atoms with van der Waals surface area (Å²) in [5.41, 5.74) is -1.42. The van der Waals surface area contributed by atoms with Gasteiger partial charge in [-0.3, -0.25) is 0 Å². The van der Waals surface area contributed by atoms with E-state index in [0.717, 1.165) is 6.42 Å². The van der Waals surface area contributed by atoms with Crippen LogP contribution in [-0.4, -0.2) is 35.0 Å². The van der Waals surface area contributed by atoms with E-state index in [1.54, 1.807) is 0 Å². The highest BCUT2D eigenvalue weighted by atomic mass is 16.7. The van der Waals surface area contributed by atoms with Crippen LogP contribution in [0.2, 0.25) is 0 Å². The Morgan fingerprint density at radius 3 is 2.44 bits per heavy atom. The molecule has 0 radical (unpaired) electrons. The Hall–Kier alpha value is -0.670. The molecule has 2 N–H and O–H groups in total. The average Bonchev–Trinajstić information content (AvgIpc) is 2.91. The Labute approximate surface area is 163 Å². The topological polar surface area (TPSA) is 82.7 Å². The zero-order valence-corrected chi connectivity index (χ0v) is 17.7. The Morgan fingerprint density at radius 1 is 1.30 bits per heavy atom. The van der Waals surface area contributed by atoms with E-state index in [2.05, 4.69) is 54.5 Å². The molecule has 1 heterocycles. The van der Waals surface area contributed by atoms with E-state index in [9.17, 15) is 15.5 Å². The lowest BCUT2D eigenvalue weighted by Crippen LogP contribution is -2.62. The number of nitriles is 1. The van der Waals surface area contributed by atoms with E-state index in [1.807, 2.05) is 0 Å². The third-order valence-electron chi connectivity index (χ3n) is 9.00. The van der Waals surface area contributed by atoms with E-state index < -0.39 is 23.4 Å². The fraction of sp³-hybridized carbons (Fsp3) is 0.955. The monoisotopic (exact) mass is 377 g/mol. The molecule has 0 aromatic rings. The van der Waals surface area contributed by atoms with Crippen LogP contribution in [0.4, 0.5) is 0 Å². The van der Waals surface area contributed by atoms with Crippen molar-refractivity contribution < 1.29 is 19.7 Å². The van der Waals surface area contributed by atoms with Gasteiger partial charge in [0.05, 0.1) is 18.3 Å². The molecular weight excluding hydrogens is 342 g/mol. The van der Waals surface area contributed by atoms with E-state index in [0.29, 0.717) is 24.2 Å². The lowest BCUT2D eigenvalue weighted by Gasteiger charge is -2.53. The van der Waals surface area contributed by atoms with Crippen LogP contribution in [0, 0.1) is 56.7 Å². The fourth-order valence-electron chi connectivity index (χ4n) is 7.03. The van der Waals surface area contributed by atoms with Crippen LogP contribution in [0.5, 0.6) is 0 Å². The van der Waals surface area contributed by atoms with Gasteiger partial charge < -0.3 is 19.7 Å². The first kappa shape index (κ1) is 19.6. The van der Waals surface area contributed by atoms with E-state index in [-0.39, 0.29) is 29.0 Å². The predicted octanol–water partition coefficient (Wildman–Crippen LogP) is 3.30. The molecule has 10 unspecified atom stereocenters. The molecule has 5 heteroatoms. The predicted molar refractivity (Wildman–Crippen MR) is 100 cm³/mol.